The van der Waals surface area contributed by atoms with Crippen LogP contribution in [-0.2, 0) is 9.59 Å². The monoisotopic (exact) mass is 251 g/mol. The molecule has 1 aliphatic carbocycles. The number of carboxylic acids is 1. The fourth-order valence-corrected chi connectivity index (χ4v) is 2.79. The Morgan fingerprint density at radius 2 is 2.06 bits per heavy atom. The first-order valence-electron chi connectivity index (χ1n) is 6.26. The fraction of sp³-hybridized carbons (Fsp3) is 0.714. The second-order valence-corrected chi connectivity index (χ2v) is 5.63. The standard InChI is InChI=1S/C14H21NO3/c1-5-6-12(16)15-11-8-7-10(13(17)18)14(3,4)9(11)2/h1,9-11H,6-8H2,2-4H3,(H,15,16)(H,17,18). The summed E-state index contributed by atoms with van der Waals surface area (Å²) in [5.74, 6) is 1.16. The maximum atomic E-state index is 11.5. The van der Waals surface area contributed by atoms with Gasteiger partial charge in [0, 0.05) is 6.04 Å². The van der Waals surface area contributed by atoms with Crippen LogP contribution in [0.25, 0.3) is 0 Å². The van der Waals surface area contributed by atoms with Crippen molar-refractivity contribution in [1.29, 1.82) is 0 Å². The van der Waals surface area contributed by atoms with Gasteiger partial charge in [-0.05, 0) is 24.2 Å². The van der Waals surface area contributed by atoms with E-state index in [2.05, 4.69) is 11.2 Å². The number of hydrogen-bond donors (Lipinski definition) is 2. The van der Waals surface area contributed by atoms with Gasteiger partial charge in [-0.2, -0.15) is 0 Å². The Morgan fingerprint density at radius 3 is 2.56 bits per heavy atom. The van der Waals surface area contributed by atoms with Crippen LogP contribution in [0.15, 0.2) is 0 Å². The van der Waals surface area contributed by atoms with Gasteiger partial charge in [-0.3, -0.25) is 9.59 Å². The van der Waals surface area contributed by atoms with E-state index < -0.39 is 5.97 Å². The minimum absolute atomic E-state index is 0.0106. The van der Waals surface area contributed by atoms with Crippen LogP contribution in [0.2, 0.25) is 0 Å². The normalized spacial score (nSPS) is 30.2. The van der Waals surface area contributed by atoms with Gasteiger partial charge in [-0.25, -0.2) is 0 Å². The van der Waals surface area contributed by atoms with Gasteiger partial charge < -0.3 is 10.4 Å². The van der Waals surface area contributed by atoms with E-state index in [1.165, 1.54) is 0 Å². The zero-order valence-electron chi connectivity index (χ0n) is 11.2. The number of nitrogens with one attached hydrogen (secondary N) is 1. The average Bonchev–Trinajstić information content (AvgIpc) is 2.24. The molecule has 0 aromatic carbocycles. The third kappa shape index (κ3) is 2.84. The third-order valence-electron chi connectivity index (χ3n) is 4.35. The van der Waals surface area contributed by atoms with Crippen LogP contribution in [0.5, 0.6) is 0 Å². The van der Waals surface area contributed by atoms with Crippen LogP contribution in [0, 0.1) is 29.6 Å². The molecule has 100 valence electrons. The Morgan fingerprint density at radius 1 is 1.44 bits per heavy atom. The predicted octanol–water partition coefficient (Wildman–Crippen LogP) is 1.65. The quantitative estimate of drug-likeness (QED) is 0.749. The number of carbonyl (C=O) groups is 2. The topological polar surface area (TPSA) is 66.4 Å². The summed E-state index contributed by atoms with van der Waals surface area (Å²) in [7, 11) is 0. The van der Waals surface area contributed by atoms with E-state index in [4.69, 9.17) is 6.42 Å². The Bertz CT molecular complexity index is 381. The minimum atomic E-state index is -0.750. The Kier molecular flexibility index (Phi) is 4.39. The van der Waals surface area contributed by atoms with Crippen molar-refractivity contribution in [2.45, 2.75) is 46.1 Å². The van der Waals surface area contributed by atoms with Crippen LogP contribution in [-0.4, -0.2) is 23.0 Å². The lowest BCUT2D eigenvalue weighted by molar-refractivity contribution is -0.150. The smallest absolute Gasteiger partial charge is 0.307 e. The first kappa shape index (κ1) is 14.6. The van der Waals surface area contributed by atoms with Crippen molar-refractivity contribution in [2.24, 2.45) is 17.3 Å². The molecule has 4 nitrogen and oxygen atoms in total. The molecule has 2 N–H and O–H groups in total. The van der Waals surface area contributed by atoms with E-state index in [9.17, 15) is 14.7 Å². The number of carbonyl (C=O) groups excluding carboxylic acids is 1. The number of terminal acetylenes is 1. The number of hydrogen-bond acceptors (Lipinski definition) is 2. The van der Waals surface area contributed by atoms with Crippen molar-refractivity contribution in [1.82, 2.24) is 5.32 Å². The molecule has 1 rings (SSSR count). The maximum Gasteiger partial charge on any atom is 0.307 e. The summed E-state index contributed by atoms with van der Waals surface area (Å²) in [5.41, 5.74) is -0.335. The zero-order chi connectivity index (χ0) is 13.9. The van der Waals surface area contributed by atoms with E-state index in [0.717, 1.165) is 0 Å². The highest BCUT2D eigenvalue weighted by molar-refractivity contribution is 5.78. The molecule has 0 radical (unpaired) electrons. The second-order valence-electron chi connectivity index (χ2n) is 5.63. The van der Waals surface area contributed by atoms with E-state index in [1.54, 1.807) is 0 Å². The maximum absolute atomic E-state index is 11.5. The summed E-state index contributed by atoms with van der Waals surface area (Å²) in [6.45, 7) is 5.90. The summed E-state index contributed by atoms with van der Waals surface area (Å²) >= 11 is 0. The van der Waals surface area contributed by atoms with Gasteiger partial charge in [0.15, 0.2) is 0 Å². The number of amides is 1. The highest BCUT2D eigenvalue weighted by atomic mass is 16.4. The largest absolute Gasteiger partial charge is 0.481 e. The van der Waals surface area contributed by atoms with E-state index in [-0.39, 0.29) is 35.6 Å². The number of carboxylic acid groups (broad SMARTS) is 1. The number of aliphatic carboxylic acids is 1. The summed E-state index contributed by atoms with van der Waals surface area (Å²) in [5, 5.41) is 12.1. The van der Waals surface area contributed by atoms with Gasteiger partial charge >= 0.3 is 5.97 Å². The van der Waals surface area contributed by atoms with Gasteiger partial charge in [-0.15, -0.1) is 6.42 Å². The fourth-order valence-electron chi connectivity index (χ4n) is 2.79. The molecule has 1 aliphatic rings. The lowest BCUT2D eigenvalue weighted by Gasteiger charge is -2.46. The molecule has 1 saturated carbocycles. The number of rotatable bonds is 3. The summed E-state index contributed by atoms with van der Waals surface area (Å²) in [6, 6.07) is 0.0106. The molecule has 3 unspecified atom stereocenters. The van der Waals surface area contributed by atoms with E-state index >= 15 is 0 Å². The van der Waals surface area contributed by atoms with Crippen molar-refractivity contribution >= 4 is 11.9 Å². The van der Waals surface area contributed by atoms with Gasteiger partial charge in [-0.1, -0.05) is 26.7 Å². The Labute approximate surface area is 108 Å². The molecule has 3 atom stereocenters. The lowest BCUT2D eigenvalue weighted by Crippen LogP contribution is -2.52. The third-order valence-corrected chi connectivity index (χ3v) is 4.35. The molecule has 18 heavy (non-hydrogen) atoms. The highest BCUT2D eigenvalue weighted by Gasteiger charge is 2.46. The Balaban J connectivity index is 2.75. The van der Waals surface area contributed by atoms with Gasteiger partial charge in [0.1, 0.15) is 0 Å². The lowest BCUT2D eigenvalue weighted by atomic mass is 9.61. The molecule has 0 aromatic heterocycles. The van der Waals surface area contributed by atoms with Crippen molar-refractivity contribution < 1.29 is 14.7 Å². The summed E-state index contributed by atoms with van der Waals surface area (Å²) in [6.07, 6.45) is 6.45. The zero-order valence-corrected chi connectivity index (χ0v) is 11.2. The molecular formula is C14H21NO3. The van der Waals surface area contributed by atoms with E-state index in [0.29, 0.717) is 12.8 Å². The van der Waals surface area contributed by atoms with Gasteiger partial charge in [0.05, 0.1) is 12.3 Å². The molecule has 0 aromatic rings. The van der Waals surface area contributed by atoms with Crippen LogP contribution >= 0.6 is 0 Å². The molecule has 0 bridgehead atoms. The molecular weight excluding hydrogens is 230 g/mol. The Hall–Kier alpha value is -1.50. The van der Waals surface area contributed by atoms with Gasteiger partial charge in [0.2, 0.25) is 5.91 Å². The average molecular weight is 251 g/mol. The first-order valence-corrected chi connectivity index (χ1v) is 6.26. The summed E-state index contributed by atoms with van der Waals surface area (Å²) < 4.78 is 0. The van der Waals surface area contributed by atoms with Crippen LogP contribution in [0.3, 0.4) is 0 Å². The summed E-state index contributed by atoms with van der Waals surface area (Å²) in [4.78, 5) is 22.7. The SMILES string of the molecule is C#CCC(=O)NC1CCC(C(=O)O)C(C)(C)C1C. The molecule has 0 aliphatic heterocycles. The van der Waals surface area contributed by atoms with Crippen molar-refractivity contribution in [3.05, 3.63) is 0 Å². The van der Waals surface area contributed by atoms with Crippen LogP contribution in [0.1, 0.15) is 40.0 Å². The molecule has 1 fully saturated rings. The van der Waals surface area contributed by atoms with E-state index in [1.807, 2.05) is 20.8 Å². The molecule has 0 spiro atoms. The highest BCUT2D eigenvalue weighted by Crippen LogP contribution is 2.45. The van der Waals surface area contributed by atoms with Crippen LogP contribution < -0.4 is 5.32 Å². The minimum Gasteiger partial charge on any atom is -0.481 e. The second kappa shape index (κ2) is 5.43. The van der Waals surface area contributed by atoms with Crippen molar-refractivity contribution in [2.75, 3.05) is 0 Å². The molecule has 0 heterocycles. The molecule has 4 heteroatoms. The molecule has 1 amide bonds. The molecule has 0 saturated heterocycles. The van der Waals surface area contributed by atoms with Crippen LogP contribution in [0.4, 0.5) is 0 Å². The van der Waals surface area contributed by atoms with Crippen molar-refractivity contribution in [3.63, 3.8) is 0 Å². The van der Waals surface area contributed by atoms with Crippen molar-refractivity contribution in [3.8, 4) is 12.3 Å². The van der Waals surface area contributed by atoms with Gasteiger partial charge in [0.25, 0.3) is 0 Å². The first-order chi connectivity index (χ1) is 8.30. The predicted molar refractivity (Wildman–Crippen MR) is 68.7 cm³/mol.